The van der Waals surface area contributed by atoms with E-state index in [2.05, 4.69) is 17.4 Å². The van der Waals surface area contributed by atoms with Crippen molar-refractivity contribution < 1.29 is 14.8 Å². The molecule has 3 rings (SSSR count). The number of nitro benzene ring substituents is 1. The van der Waals surface area contributed by atoms with E-state index in [9.17, 15) is 15.2 Å². The van der Waals surface area contributed by atoms with Crippen molar-refractivity contribution in [3.8, 4) is 5.75 Å². The summed E-state index contributed by atoms with van der Waals surface area (Å²) in [7, 11) is 0. The lowest BCUT2D eigenvalue weighted by Gasteiger charge is -2.21. The van der Waals surface area contributed by atoms with Gasteiger partial charge in [-0.25, -0.2) is 0 Å². The van der Waals surface area contributed by atoms with Crippen LogP contribution in [0.15, 0.2) is 54.6 Å². The van der Waals surface area contributed by atoms with Gasteiger partial charge in [0, 0.05) is 18.7 Å². The Morgan fingerprint density at radius 1 is 1.20 bits per heavy atom. The van der Waals surface area contributed by atoms with E-state index >= 15 is 0 Å². The van der Waals surface area contributed by atoms with Gasteiger partial charge < -0.3 is 15.2 Å². The molecule has 0 saturated heterocycles. The fourth-order valence-corrected chi connectivity index (χ4v) is 2.85. The molecule has 1 aliphatic carbocycles. The number of non-ortho nitro benzene ring substituents is 1. The monoisotopic (exact) mass is 342 g/mol. The second-order valence-electron chi connectivity index (χ2n) is 6.35. The Bertz CT molecular complexity index is 704. The Kier molecular flexibility index (Phi) is 5.63. The highest BCUT2D eigenvalue weighted by Gasteiger charge is 2.32. The molecule has 2 aromatic carbocycles. The van der Waals surface area contributed by atoms with Crippen LogP contribution in [-0.4, -0.2) is 29.3 Å². The maximum atomic E-state index is 10.8. The summed E-state index contributed by atoms with van der Waals surface area (Å²) < 4.78 is 5.48. The standard InChI is InChI=1S/C19H22N2O4/c22-17(13-25-18-8-4-7-16(11-18)21(23)24)12-20-19(15-9-10-15)14-5-2-1-3-6-14/h1-8,11,15,17,19-20,22H,9-10,12-13H2/t17-,19+/m1/s1. The minimum Gasteiger partial charge on any atom is -0.491 e. The topological polar surface area (TPSA) is 84.6 Å². The van der Waals surface area contributed by atoms with Crippen LogP contribution in [0, 0.1) is 16.0 Å². The number of aliphatic hydroxyl groups excluding tert-OH is 1. The van der Waals surface area contributed by atoms with Gasteiger partial charge in [-0.3, -0.25) is 10.1 Å². The van der Waals surface area contributed by atoms with Crippen molar-refractivity contribution in [3.63, 3.8) is 0 Å². The molecule has 1 saturated carbocycles. The maximum absolute atomic E-state index is 10.8. The van der Waals surface area contributed by atoms with Crippen LogP contribution in [0.5, 0.6) is 5.75 Å². The minimum atomic E-state index is -0.691. The SMILES string of the molecule is O=[N+]([O-])c1cccc(OC[C@H](O)CN[C@@H](c2ccccc2)C2CC2)c1. The second kappa shape index (κ2) is 8.09. The Hall–Kier alpha value is -2.44. The van der Waals surface area contributed by atoms with Crippen molar-refractivity contribution in [1.82, 2.24) is 5.32 Å². The Labute approximate surface area is 146 Å². The van der Waals surface area contributed by atoms with Crippen LogP contribution in [0.2, 0.25) is 0 Å². The number of aliphatic hydroxyl groups is 1. The van der Waals surface area contributed by atoms with Gasteiger partial charge in [-0.1, -0.05) is 36.4 Å². The minimum absolute atomic E-state index is 0.0250. The highest BCUT2D eigenvalue weighted by molar-refractivity contribution is 5.37. The van der Waals surface area contributed by atoms with Gasteiger partial charge in [0.25, 0.3) is 5.69 Å². The third-order valence-electron chi connectivity index (χ3n) is 4.30. The lowest BCUT2D eigenvalue weighted by Crippen LogP contribution is -2.34. The maximum Gasteiger partial charge on any atom is 0.273 e. The van der Waals surface area contributed by atoms with Gasteiger partial charge >= 0.3 is 0 Å². The first-order valence-electron chi connectivity index (χ1n) is 8.47. The molecule has 0 bridgehead atoms. The zero-order valence-corrected chi connectivity index (χ0v) is 13.9. The first-order valence-corrected chi connectivity index (χ1v) is 8.47. The molecule has 2 N–H and O–H groups in total. The molecule has 1 aliphatic rings. The van der Waals surface area contributed by atoms with Gasteiger partial charge in [-0.15, -0.1) is 0 Å². The van der Waals surface area contributed by atoms with Crippen molar-refractivity contribution in [2.45, 2.75) is 25.0 Å². The lowest BCUT2D eigenvalue weighted by molar-refractivity contribution is -0.384. The quantitative estimate of drug-likeness (QED) is 0.540. The average Bonchev–Trinajstić information content (AvgIpc) is 3.46. The molecule has 0 radical (unpaired) electrons. The summed E-state index contributed by atoms with van der Waals surface area (Å²) in [4.78, 5) is 10.3. The van der Waals surface area contributed by atoms with Crippen molar-refractivity contribution in [2.24, 2.45) is 5.92 Å². The predicted molar refractivity (Wildman–Crippen MR) is 94.5 cm³/mol. The van der Waals surface area contributed by atoms with E-state index < -0.39 is 11.0 Å². The first kappa shape index (κ1) is 17.4. The molecular formula is C19H22N2O4. The van der Waals surface area contributed by atoms with Crippen LogP contribution in [0.3, 0.4) is 0 Å². The van der Waals surface area contributed by atoms with Gasteiger partial charge in [0.2, 0.25) is 0 Å². The number of hydrogen-bond acceptors (Lipinski definition) is 5. The molecule has 0 aliphatic heterocycles. The zero-order valence-electron chi connectivity index (χ0n) is 13.9. The average molecular weight is 342 g/mol. The fourth-order valence-electron chi connectivity index (χ4n) is 2.85. The van der Waals surface area contributed by atoms with Gasteiger partial charge in [0.15, 0.2) is 0 Å². The normalized spacial score (nSPS) is 16.2. The van der Waals surface area contributed by atoms with E-state index in [1.54, 1.807) is 12.1 Å². The summed E-state index contributed by atoms with van der Waals surface area (Å²) in [5, 5.41) is 24.4. The summed E-state index contributed by atoms with van der Waals surface area (Å²) in [6.45, 7) is 0.491. The van der Waals surface area contributed by atoms with E-state index in [4.69, 9.17) is 4.74 Å². The molecule has 0 unspecified atom stereocenters. The summed E-state index contributed by atoms with van der Waals surface area (Å²) in [6, 6.07) is 16.5. The van der Waals surface area contributed by atoms with E-state index in [1.807, 2.05) is 18.2 Å². The van der Waals surface area contributed by atoms with E-state index in [-0.39, 0.29) is 18.3 Å². The van der Waals surface area contributed by atoms with Crippen LogP contribution in [0.4, 0.5) is 5.69 Å². The number of nitrogens with one attached hydrogen (secondary N) is 1. The van der Waals surface area contributed by atoms with Crippen LogP contribution in [-0.2, 0) is 0 Å². The number of nitrogens with zero attached hydrogens (tertiary/aromatic N) is 1. The Morgan fingerprint density at radius 3 is 2.64 bits per heavy atom. The highest BCUT2D eigenvalue weighted by atomic mass is 16.6. The third-order valence-corrected chi connectivity index (χ3v) is 4.30. The lowest BCUT2D eigenvalue weighted by atomic mass is 10.0. The summed E-state index contributed by atoms with van der Waals surface area (Å²) >= 11 is 0. The van der Waals surface area contributed by atoms with Crippen LogP contribution >= 0.6 is 0 Å². The molecule has 0 aromatic heterocycles. The molecule has 0 heterocycles. The number of hydrogen-bond donors (Lipinski definition) is 2. The highest BCUT2D eigenvalue weighted by Crippen LogP contribution is 2.40. The van der Waals surface area contributed by atoms with E-state index in [0.29, 0.717) is 18.2 Å². The Balaban J connectivity index is 1.50. The number of benzene rings is 2. The van der Waals surface area contributed by atoms with Crippen molar-refractivity contribution in [3.05, 3.63) is 70.3 Å². The summed E-state index contributed by atoms with van der Waals surface area (Å²) in [6.07, 6.45) is 1.71. The molecule has 0 spiro atoms. The number of rotatable bonds is 9. The second-order valence-corrected chi connectivity index (χ2v) is 6.35. The van der Waals surface area contributed by atoms with Gasteiger partial charge in [-0.05, 0) is 30.4 Å². The van der Waals surface area contributed by atoms with Crippen molar-refractivity contribution in [1.29, 1.82) is 0 Å². The largest absolute Gasteiger partial charge is 0.491 e. The zero-order chi connectivity index (χ0) is 17.6. The summed E-state index contributed by atoms with van der Waals surface area (Å²) in [5.74, 6) is 1.00. The Morgan fingerprint density at radius 2 is 1.96 bits per heavy atom. The van der Waals surface area contributed by atoms with Gasteiger partial charge in [0.05, 0.1) is 11.0 Å². The molecule has 6 nitrogen and oxygen atoms in total. The van der Waals surface area contributed by atoms with Crippen LogP contribution in [0.25, 0.3) is 0 Å². The van der Waals surface area contributed by atoms with E-state index in [1.165, 1.54) is 30.5 Å². The van der Waals surface area contributed by atoms with Crippen molar-refractivity contribution >= 4 is 5.69 Å². The molecule has 132 valence electrons. The summed E-state index contributed by atoms with van der Waals surface area (Å²) in [5.41, 5.74) is 1.21. The van der Waals surface area contributed by atoms with Crippen molar-refractivity contribution in [2.75, 3.05) is 13.2 Å². The number of nitro groups is 1. The molecular weight excluding hydrogens is 320 g/mol. The van der Waals surface area contributed by atoms with Crippen LogP contribution < -0.4 is 10.1 Å². The molecule has 2 aromatic rings. The predicted octanol–water partition coefficient (Wildman–Crippen LogP) is 3.08. The molecule has 0 amide bonds. The third kappa shape index (κ3) is 5.01. The first-order chi connectivity index (χ1) is 12.1. The van der Waals surface area contributed by atoms with E-state index in [0.717, 1.165) is 0 Å². The fraction of sp³-hybridized carbons (Fsp3) is 0.368. The molecule has 25 heavy (non-hydrogen) atoms. The molecule has 6 heteroatoms. The number of ether oxygens (including phenoxy) is 1. The molecule has 1 fully saturated rings. The van der Waals surface area contributed by atoms with Gasteiger partial charge in [0.1, 0.15) is 18.5 Å². The smallest absolute Gasteiger partial charge is 0.273 e. The van der Waals surface area contributed by atoms with Gasteiger partial charge in [-0.2, -0.15) is 0 Å². The molecule has 2 atom stereocenters. The van der Waals surface area contributed by atoms with Crippen LogP contribution in [0.1, 0.15) is 24.4 Å².